The molecule has 0 spiro atoms. The summed E-state index contributed by atoms with van der Waals surface area (Å²) in [7, 11) is 0. The van der Waals surface area contributed by atoms with Crippen LogP contribution < -0.4 is 0 Å². The van der Waals surface area contributed by atoms with Gasteiger partial charge in [-0.3, -0.25) is 0 Å². The van der Waals surface area contributed by atoms with Crippen LogP contribution in [0.3, 0.4) is 0 Å². The van der Waals surface area contributed by atoms with E-state index in [4.69, 9.17) is 0 Å². The van der Waals surface area contributed by atoms with E-state index in [1.54, 1.807) is 0 Å². The van der Waals surface area contributed by atoms with Crippen LogP contribution in [0.1, 0.15) is 64.7 Å². The molecule has 0 fully saturated rings. The molecular weight excluding hydrogens is 251 g/mol. The molecule has 1 unspecified atom stereocenters. The molecule has 0 radical (unpaired) electrons. The molecule has 0 rings (SSSR count). The number of hydrogen-bond acceptors (Lipinski definition) is 0. The molecule has 0 N–H and O–H groups in total. The Morgan fingerprint density at radius 1 is 0.778 bits per heavy atom. The first-order valence-corrected chi connectivity index (χ1v) is 6.73. The van der Waals surface area contributed by atoms with Gasteiger partial charge < -0.3 is 0 Å². The third kappa shape index (κ3) is 7.17. The second-order valence-electron chi connectivity index (χ2n) is 4.71. The van der Waals surface area contributed by atoms with Crippen molar-refractivity contribution in [2.24, 2.45) is 0 Å². The van der Waals surface area contributed by atoms with E-state index in [1.807, 2.05) is 0 Å². The SMILES string of the molecule is CCCCCCCCCCC(F)C(F)(F)C(F)F. The van der Waals surface area contributed by atoms with Crippen molar-refractivity contribution >= 4 is 0 Å². The Morgan fingerprint density at radius 2 is 1.22 bits per heavy atom. The summed E-state index contributed by atoms with van der Waals surface area (Å²) < 4.78 is 61.6. The molecule has 0 nitrogen and oxygen atoms in total. The van der Waals surface area contributed by atoms with Gasteiger partial charge >= 0.3 is 12.3 Å². The molecule has 0 saturated carbocycles. The van der Waals surface area contributed by atoms with Gasteiger partial charge in [0.2, 0.25) is 0 Å². The number of rotatable bonds is 11. The van der Waals surface area contributed by atoms with Crippen LogP contribution in [0.2, 0.25) is 0 Å². The van der Waals surface area contributed by atoms with E-state index in [2.05, 4.69) is 6.92 Å². The molecule has 1 atom stereocenters. The Kier molecular flexibility index (Phi) is 9.38. The van der Waals surface area contributed by atoms with Gasteiger partial charge in [-0.1, -0.05) is 58.3 Å². The van der Waals surface area contributed by atoms with Crippen LogP contribution in [0.25, 0.3) is 0 Å². The van der Waals surface area contributed by atoms with E-state index in [1.165, 1.54) is 6.42 Å². The summed E-state index contributed by atoms with van der Waals surface area (Å²) in [6.45, 7) is 2.12. The first-order chi connectivity index (χ1) is 8.42. The molecule has 0 saturated heterocycles. The summed E-state index contributed by atoms with van der Waals surface area (Å²) in [4.78, 5) is 0. The molecule has 0 bridgehead atoms. The highest BCUT2D eigenvalue weighted by Gasteiger charge is 2.48. The predicted molar refractivity (Wildman–Crippen MR) is 63.1 cm³/mol. The van der Waals surface area contributed by atoms with Crippen LogP contribution in [0, 0.1) is 0 Å². The van der Waals surface area contributed by atoms with Gasteiger partial charge in [0.1, 0.15) is 0 Å². The Labute approximate surface area is 106 Å². The van der Waals surface area contributed by atoms with Crippen LogP contribution in [0.15, 0.2) is 0 Å². The summed E-state index contributed by atoms with van der Waals surface area (Å²) in [5, 5.41) is 0. The predicted octanol–water partition coefficient (Wildman–Crippen LogP) is 5.76. The number of hydrogen-bond donors (Lipinski definition) is 0. The van der Waals surface area contributed by atoms with Gasteiger partial charge in [-0.25, -0.2) is 13.2 Å². The maximum absolute atomic E-state index is 12.9. The smallest absolute Gasteiger partial charge is 0.241 e. The van der Waals surface area contributed by atoms with Gasteiger partial charge in [-0.2, -0.15) is 8.78 Å². The van der Waals surface area contributed by atoms with Gasteiger partial charge in [0.05, 0.1) is 0 Å². The van der Waals surface area contributed by atoms with Crippen LogP contribution >= 0.6 is 0 Å². The molecular formula is C13H23F5. The average molecular weight is 274 g/mol. The van der Waals surface area contributed by atoms with E-state index in [-0.39, 0.29) is 6.42 Å². The zero-order valence-electron chi connectivity index (χ0n) is 10.9. The van der Waals surface area contributed by atoms with Gasteiger partial charge in [0, 0.05) is 0 Å². The van der Waals surface area contributed by atoms with Crippen molar-refractivity contribution < 1.29 is 22.0 Å². The fraction of sp³-hybridized carbons (Fsp3) is 1.00. The monoisotopic (exact) mass is 274 g/mol. The van der Waals surface area contributed by atoms with Crippen LogP contribution in [0.4, 0.5) is 22.0 Å². The van der Waals surface area contributed by atoms with Crippen molar-refractivity contribution in [3.63, 3.8) is 0 Å². The summed E-state index contributed by atoms with van der Waals surface area (Å²) >= 11 is 0. The number of alkyl halides is 5. The molecule has 0 aliphatic carbocycles. The van der Waals surface area contributed by atoms with Crippen molar-refractivity contribution in [2.45, 2.75) is 83.2 Å². The highest BCUT2D eigenvalue weighted by molar-refractivity contribution is 4.79. The molecule has 18 heavy (non-hydrogen) atoms. The van der Waals surface area contributed by atoms with E-state index in [0.29, 0.717) is 6.42 Å². The Hall–Kier alpha value is -0.350. The summed E-state index contributed by atoms with van der Waals surface area (Å²) in [6.07, 6.45) is 0.221. The largest absolute Gasteiger partial charge is 0.337 e. The molecule has 0 amide bonds. The molecule has 0 aromatic carbocycles. The molecule has 0 aromatic rings. The third-order valence-electron chi connectivity index (χ3n) is 3.02. The highest BCUT2D eigenvalue weighted by atomic mass is 19.3. The molecule has 5 heteroatoms. The first kappa shape index (κ1) is 17.6. The lowest BCUT2D eigenvalue weighted by Crippen LogP contribution is -2.37. The fourth-order valence-corrected chi connectivity index (χ4v) is 1.79. The Morgan fingerprint density at radius 3 is 1.67 bits per heavy atom. The van der Waals surface area contributed by atoms with E-state index >= 15 is 0 Å². The van der Waals surface area contributed by atoms with Crippen molar-refractivity contribution in [1.82, 2.24) is 0 Å². The minimum atomic E-state index is -4.50. The van der Waals surface area contributed by atoms with Crippen LogP contribution in [0.5, 0.6) is 0 Å². The van der Waals surface area contributed by atoms with Crippen LogP contribution in [-0.4, -0.2) is 18.5 Å². The first-order valence-electron chi connectivity index (χ1n) is 6.73. The minimum Gasteiger partial charge on any atom is -0.241 e. The standard InChI is InChI=1S/C13H23F5/c1-2-3-4-5-6-7-8-9-10-11(14)13(17,18)12(15)16/h11-12H,2-10H2,1H3. The lowest BCUT2D eigenvalue weighted by Gasteiger charge is -2.19. The van der Waals surface area contributed by atoms with Crippen molar-refractivity contribution in [3.05, 3.63) is 0 Å². The summed E-state index contributed by atoms with van der Waals surface area (Å²) in [6, 6.07) is 0. The Balaban J connectivity index is 3.49. The minimum absolute atomic E-state index is 0.247. The van der Waals surface area contributed by atoms with Gasteiger partial charge in [-0.15, -0.1) is 0 Å². The van der Waals surface area contributed by atoms with Crippen molar-refractivity contribution in [1.29, 1.82) is 0 Å². The van der Waals surface area contributed by atoms with E-state index in [0.717, 1.165) is 32.1 Å². The number of halogens is 5. The molecule has 0 aliphatic rings. The topological polar surface area (TPSA) is 0 Å². The second kappa shape index (κ2) is 9.56. The van der Waals surface area contributed by atoms with E-state index < -0.39 is 24.9 Å². The average Bonchev–Trinajstić information content (AvgIpc) is 2.32. The Bertz CT molecular complexity index is 194. The second-order valence-corrected chi connectivity index (χ2v) is 4.71. The third-order valence-corrected chi connectivity index (χ3v) is 3.02. The van der Waals surface area contributed by atoms with Crippen molar-refractivity contribution in [2.75, 3.05) is 0 Å². The van der Waals surface area contributed by atoms with Gasteiger partial charge in [0.25, 0.3) is 0 Å². The lowest BCUT2D eigenvalue weighted by atomic mass is 10.0. The van der Waals surface area contributed by atoms with Gasteiger partial charge in [-0.05, 0) is 6.42 Å². The van der Waals surface area contributed by atoms with Crippen molar-refractivity contribution in [3.8, 4) is 0 Å². The highest BCUT2D eigenvalue weighted by Crippen LogP contribution is 2.31. The van der Waals surface area contributed by atoms with E-state index in [9.17, 15) is 22.0 Å². The lowest BCUT2D eigenvalue weighted by molar-refractivity contribution is -0.172. The molecule has 0 aromatic heterocycles. The molecule has 0 heterocycles. The quantitative estimate of drug-likeness (QED) is 0.332. The van der Waals surface area contributed by atoms with Gasteiger partial charge in [0.15, 0.2) is 6.17 Å². The molecule has 110 valence electrons. The maximum atomic E-state index is 12.9. The number of unbranched alkanes of at least 4 members (excludes halogenated alkanes) is 7. The zero-order valence-corrected chi connectivity index (χ0v) is 10.9. The maximum Gasteiger partial charge on any atom is 0.337 e. The summed E-state index contributed by atoms with van der Waals surface area (Å²) in [5.41, 5.74) is 0. The molecule has 0 aliphatic heterocycles. The van der Waals surface area contributed by atoms with Crippen LogP contribution in [-0.2, 0) is 0 Å². The normalized spacial score (nSPS) is 14.2. The fourth-order valence-electron chi connectivity index (χ4n) is 1.79. The zero-order chi connectivity index (χ0) is 14.0. The summed E-state index contributed by atoms with van der Waals surface area (Å²) in [5.74, 6) is -4.50.